The Balaban J connectivity index is 2.32. The quantitative estimate of drug-likeness (QED) is 0.743. The Morgan fingerprint density at radius 3 is 2.62 bits per heavy atom. The van der Waals surface area contributed by atoms with Gasteiger partial charge in [0.05, 0.1) is 0 Å². The molecule has 1 unspecified atom stereocenters. The highest BCUT2D eigenvalue weighted by atomic mass is 32.2. The second kappa shape index (κ2) is 7.58. The van der Waals surface area contributed by atoms with Crippen molar-refractivity contribution in [3.05, 3.63) is 35.4 Å². The minimum atomic E-state index is -0.766. The minimum Gasteiger partial charge on any atom is -0.396 e. The van der Waals surface area contributed by atoms with Gasteiger partial charge in [-0.15, -0.1) is 0 Å². The summed E-state index contributed by atoms with van der Waals surface area (Å²) in [6, 6.07) is 8.09. The summed E-state index contributed by atoms with van der Waals surface area (Å²) in [5, 5.41) is 8.63. The van der Waals surface area contributed by atoms with Gasteiger partial charge in [-0.05, 0) is 30.9 Å². The van der Waals surface area contributed by atoms with Crippen molar-refractivity contribution in [2.24, 2.45) is 0 Å². The van der Waals surface area contributed by atoms with Crippen molar-refractivity contribution >= 4 is 10.8 Å². The van der Waals surface area contributed by atoms with Crippen LogP contribution in [0.15, 0.2) is 24.3 Å². The van der Waals surface area contributed by atoms with E-state index in [-0.39, 0.29) is 6.61 Å². The minimum absolute atomic E-state index is 0.241. The summed E-state index contributed by atoms with van der Waals surface area (Å²) in [5.41, 5.74) is 2.40. The van der Waals surface area contributed by atoms with Gasteiger partial charge in [0.2, 0.25) is 0 Å². The van der Waals surface area contributed by atoms with Crippen molar-refractivity contribution < 1.29 is 9.32 Å². The normalized spacial score (nSPS) is 12.6. The first-order valence-corrected chi connectivity index (χ1v) is 7.23. The van der Waals surface area contributed by atoms with E-state index in [9.17, 15) is 4.21 Å². The molecule has 0 heterocycles. The molecule has 1 aromatic rings. The number of aliphatic hydroxyl groups excluding tert-OH is 1. The van der Waals surface area contributed by atoms with E-state index in [0.717, 1.165) is 25.0 Å². The number of aliphatic hydroxyl groups is 1. The molecule has 0 fully saturated rings. The van der Waals surface area contributed by atoms with Crippen LogP contribution in [-0.2, 0) is 16.6 Å². The molecule has 0 spiro atoms. The highest BCUT2D eigenvalue weighted by molar-refractivity contribution is 7.84. The third-order valence-corrected chi connectivity index (χ3v) is 3.98. The van der Waals surface area contributed by atoms with E-state index in [1.807, 2.05) is 18.2 Å². The number of hydrogen-bond acceptors (Lipinski definition) is 2. The fourth-order valence-electron chi connectivity index (χ4n) is 1.57. The molecule has 0 aliphatic carbocycles. The third-order valence-electron chi connectivity index (χ3n) is 2.61. The predicted molar refractivity (Wildman–Crippen MR) is 68.8 cm³/mol. The van der Waals surface area contributed by atoms with Gasteiger partial charge in [0.1, 0.15) is 0 Å². The monoisotopic (exact) mass is 240 g/mol. The van der Waals surface area contributed by atoms with E-state index in [1.54, 1.807) is 0 Å². The maximum absolute atomic E-state index is 11.8. The van der Waals surface area contributed by atoms with Crippen LogP contribution in [0.5, 0.6) is 0 Å². The molecule has 0 aliphatic rings. The smallest absolute Gasteiger partial charge is 0.0488 e. The van der Waals surface area contributed by atoms with Gasteiger partial charge in [-0.1, -0.05) is 30.7 Å². The van der Waals surface area contributed by atoms with Crippen LogP contribution in [0.25, 0.3) is 0 Å². The summed E-state index contributed by atoms with van der Waals surface area (Å²) < 4.78 is 11.8. The number of rotatable bonds is 7. The Kier molecular flexibility index (Phi) is 6.34. The average molecular weight is 240 g/mol. The van der Waals surface area contributed by atoms with Crippen LogP contribution < -0.4 is 0 Å². The lowest BCUT2D eigenvalue weighted by molar-refractivity contribution is 0.284. The highest BCUT2D eigenvalue weighted by Crippen LogP contribution is 2.10. The van der Waals surface area contributed by atoms with E-state index >= 15 is 0 Å². The molecule has 0 saturated carbocycles. The lowest BCUT2D eigenvalue weighted by Gasteiger charge is -2.05. The Hall–Kier alpha value is -0.670. The molecule has 1 atom stereocenters. The fourth-order valence-corrected chi connectivity index (χ4v) is 2.91. The zero-order chi connectivity index (χ0) is 11.8. The largest absolute Gasteiger partial charge is 0.396 e. The van der Waals surface area contributed by atoms with E-state index in [4.69, 9.17) is 5.11 Å². The summed E-state index contributed by atoms with van der Waals surface area (Å²) in [6.07, 6.45) is 2.73. The molecule has 0 saturated heterocycles. The number of hydrogen-bond donors (Lipinski definition) is 1. The molecule has 0 aliphatic heterocycles. The fraction of sp³-hybridized carbons (Fsp3) is 0.538. The van der Waals surface area contributed by atoms with Crippen molar-refractivity contribution in [2.75, 3.05) is 12.4 Å². The third kappa shape index (κ3) is 4.90. The van der Waals surface area contributed by atoms with Crippen LogP contribution >= 0.6 is 0 Å². The molecule has 1 N–H and O–H groups in total. The van der Waals surface area contributed by atoms with Crippen LogP contribution in [0, 0.1) is 6.92 Å². The first kappa shape index (κ1) is 13.4. The Labute approximate surface area is 100 Å². The van der Waals surface area contributed by atoms with E-state index < -0.39 is 10.8 Å². The summed E-state index contributed by atoms with van der Waals surface area (Å²) in [4.78, 5) is 0. The second-order valence-electron chi connectivity index (χ2n) is 4.00. The number of unbranched alkanes of at least 4 members (excludes halogenated alkanes) is 2. The first-order chi connectivity index (χ1) is 7.74. The molecule has 2 nitrogen and oxygen atoms in total. The Morgan fingerprint density at radius 2 is 1.94 bits per heavy atom. The lowest BCUT2D eigenvalue weighted by atomic mass is 10.1. The topological polar surface area (TPSA) is 37.3 Å². The molecule has 0 aromatic heterocycles. The summed E-state index contributed by atoms with van der Waals surface area (Å²) in [6.45, 7) is 2.29. The molecule has 90 valence electrons. The second-order valence-corrected chi connectivity index (χ2v) is 5.58. The SMILES string of the molecule is Cc1ccccc1CS(=O)CCCCCO. The van der Waals surface area contributed by atoms with Gasteiger partial charge in [-0.2, -0.15) is 0 Å². The van der Waals surface area contributed by atoms with Gasteiger partial charge < -0.3 is 5.11 Å². The molecular weight excluding hydrogens is 220 g/mol. The molecule has 0 radical (unpaired) electrons. The van der Waals surface area contributed by atoms with Crippen LogP contribution in [0.1, 0.15) is 30.4 Å². The molecule has 0 amide bonds. The van der Waals surface area contributed by atoms with Gasteiger partial charge in [-0.3, -0.25) is 4.21 Å². The summed E-state index contributed by atoms with van der Waals surface area (Å²) in [5.74, 6) is 1.40. The highest BCUT2D eigenvalue weighted by Gasteiger charge is 2.03. The van der Waals surface area contributed by atoms with Crippen LogP contribution in [0.3, 0.4) is 0 Å². The van der Waals surface area contributed by atoms with Crippen LogP contribution in [-0.4, -0.2) is 21.7 Å². The van der Waals surface area contributed by atoms with E-state index in [0.29, 0.717) is 5.75 Å². The van der Waals surface area contributed by atoms with Crippen molar-refractivity contribution in [2.45, 2.75) is 31.9 Å². The molecule has 0 bridgehead atoms. The standard InChI is InChI=1S/C13H20O2S/c1-12-7-3-4-8-13(12)11-16(15)10-6-2-5-9-14/h3-4,7-8,14H,2,5-6,9-11H2,1H3. The van der Waals surface area contributed by atoms with Gasteiger partial charge >= 0.3 is 0 Å². The summed E-state index contributed by atoms with van der Waals surface area (Å²) >= 11 is 0. The van der Waals surface area contributed by atoms with E-state index in [2.05, 4.69) is 13.0 Å². The maximum Gasteiger partial charge on any atom is 0.0488 e. The first-order valence-electron chi connectivity index (χ1n) is 5.74. The van der Waals surface area contributed by atoms with E-state index in [1.165, 1.54) is 11.1 Å². The lowest BCUT2D eigenvalue weighted by Crippen LogP contribution is -2.02. The van der Waals surface area contributed by atoms with Crippen molar-refractivity contribution in [3.63, 3.8) is 0 Å². The summed E-state index contributed by atoms with van der Waals surface area (Å²) in [7, 11) is -0.766. The maximum atomic E-state index is 11.8. The zero-order valence-electron chi connectivity index (χ0n) is 9.82. The number of benzene rings is 1. The number of aryl methyl sites for hydroxylation is 1. The van der Waals surface area contributed by atoms with Crippen LogP contribution in [0.2, 0.25) is 0 Å². The molecular formula is C13H20O2S. The van der Waals surface area contributed by atoms with Crippen LogP contribution in [0.4, 0.5) is 0 Å². The molecule has 1 aromatic carbocycles. The van der Waals surface area contributed by atoms with Gasteiger partial charge in [-0.25, -0.2) is 0 Å². The van der Waals surface area contributed by atoms with Gasteiger partial charge in [0, 0.05) is 28.9 Å². The average Bonchev–Trinajstić information content (AvgIpc) is 2.28. The predicted octanol–water partition coefficient (Wildman–Crippen LogP) is 2.41. The Morgan fingerprint density at radius 1 is 1.19 bits per heavy atom. The van der Waals surface area contributed by atoms with Gasteiger partial charge in [0.25, 0.3) is 0 Å². The molecule has 3 heteroatoms. The zero-order valence-corrected chi connectivity index (χ0v) is 10.6. The Bertz CT molecular complexity index is 336. The molecule has 16 heavy (non-hydrogen) atoms. The molecule has 1 rings (SSSR count). The van der Waals surface area contributed by atoms with Crippen molar-refractivity contribution in [3.8, 4) is 0 Å². The van der Waals surface area contributed by atoms with Crippen molar-refractivity contribution in [1.29, 1.82) is 0 Å². The van der Waals surface area contributed by atoms with Gasteiger partial charge in [0.15, 0.2) is 0 Å². The van der Waals surface area contributed by atoms with Crippen molar-refractivity contribution in [1.82, 2.24) is 0 Å².